The number of para-hydroxylation sites is 2. The molecule has 2 aromatic heterocycles. The number of hydrogen-bond donors (Lipinski definition) is 2. The number of hydrogen-bond acceptors (Lipinski definition) is 4. The van der Waals surface area contributed by atoms with E-state index < -0.39 is 0 Å². The van der Waals surface area contributed by atoms with Crippen LogP contribution in [0.25, 0.3) is 32.4 Å². The molecule has 0 aliphatic heterocycles. The lowest BCUT2D eigenvalue weighted by molar-refractivity contribution is 1.31. The zero-order valence-corrected chi connectivity index (χ0v) is 15.2. The van der Waals surface area contributed by atoms with Crippen molar-refractivity contribution in [2.24, 2.45) is 5.10 Å². The molecule has 130 valence electrons. The number of nitrogens with zero attached hydrogens (tertiary/aromatic N) is 2. The van der Waals surface area contributed by atoms with Gasteiger partial charge < -0.3 is 4.98 Å². The topological polar surface area (TPSA) is 53.1 Å². The number of hydrazone groups is 1. The molecule has 0 atom stereocenters. The van der Waals surface area contributed by atoms with Gasteiger partial charge in [-0.05, 0) is 23.8 Å². The first kappa shape index (κ1) is 15.8. The molecule has 0 unspecified atom stereocenters. The van der Waals surface area contributed by atoms with Crippen molar-refractivity contribution in [2.45, 2.75) is 0 Å². The first-order chi connectivity index (χ1) is 13.4. The van der Waals surface area contributed by atoms with Crippen molar-refractivity contribution in [3.8, 4) is 11.3 Å². The van der Waals surface area contributed by atoms with E-state index in [1.165, 1.54) is 0 Å². The largest absolute Gasteiger partial charge is 0.354 e. The molecule has 2 heterocycles. The first-order valence-corrected chi connectivity index (χ1v) is 9.51. The predicted octanol–water partition coefficient (Wildman–Crippen LogP) is 5.89. The summed E-state index contributed by atoms with van der Waals surface area (Å²) in [5.74, 6) is 0. The van der Waals surface area contributed by atoms with E-state index in [9.17, 15) is 0 Å². The Labute approximate surface area is 160 Å². The highest BCUT2D eigenvalue weighted by molar-refractivity contribution is 7.22. The van der Waals surface area contributed by atoms with Crippen LogP contribution >= 0.6 is 11.3 Å². The summed E-state index contributed by atoms with van der Waals surface area (Å²) in [4.78, 5) is 8.08. The Hall–Kier alpha value is -3.44. The summed E-state index contributed by atoms with van der Waals surface area (Å²) in [6.07, 6.45) is 1.87. The standard InChI is InChI=1S/C22H16N4S/c1-2-8-15(9-3-1)21-17(16-10-4-5-11-18(16)24-21)14-23-26-22-25-19-12-6-7-13-20(19)27-22/h1-14,24H,(H,25,26)/b23-14+. The van der Waals surface area contributed by atoms with Gasteiger partial charge in [-0.1, -0.05) is 72.0 Å². The van der Waals surface area contributed by atoms with Gasteiger partial charge in [-0.15, -0.1) is 0 Å². The lowest BCUT2D eigenvalue weighted by Gasteiger charge is -2.00. The second kappa shape index (κ2) is 6.70. The summed E-state index contributed by atoms with van der Waals surface area (Å²) < 4.78 is 1.15. The van der Waals surface area contributed by atoms with Crippen LogP contribution in [0.4, 0.5) is 5.13 Å². The highest BCUT2D eigenvalue weighted by Crippen LogP contribution is 2.29. The third-order valence-corrected chi connectivity index (χ3v) is 5.40. The number of aromatic nitrogens is 2. The molecule has 5 rings (SSSR count). The summed E-state index contributed by atoms with van der Waals surface area (Å²) in [7, 11) is 0. The summed E-state index contributed by atoms with van der Waals surface area (Å²) in [6, 6.07) is 26.7. The van der Waals surface area contributed by atoms with Crippen LogP contribution in [0.3, 0.4) is 0 Å². The average Bonchev–Trinajstić information content (AvgIpc) is 3.30. The van der Waals surface area contributed by atoms with Crippen molar-refractivity contribution in [2.75, 3.05) is 5.43 Å². The summed E-state index contributed by atoms with van der Waals surface area (Å²) in [6.45, 7) is 0. The van der Waals surface area contributed by atoms with Gasteiger partial charge in [0.2, 0.25) is 5.13 Å². The second-order valence-corrected chi connectivity index (χ2v) is 7.21. The highest BCUT2D eigenvalue weighted by Gasteiger charge is 2.11. The van der Waals surface area contributed by atoms with Crippen LogP contribution in [0.2, 0.25) is 0 Å². The van der Waals surface area contributed by atoms with E-state index in [1.807, 2.05) is 54.7 Å². The molecule has 5 heteroatoms. The van der Waals surface area contributed by atoms with Crippen LogP contribution in [0.15, 0.2) is 84.0 Å². The van der Waals surface area contributed by atoms with Crippen LogP contribution in [0.5, 0.6) is 0 Å². The zero-order chi connectivity index (χ0) is 18.1. The van der Waals surface area contributed by atoms with Gasteiger partial charge in [0.05, 0.1) is 22.1 Å². The molecule has 0 saturated heterocycles. The van der Waals surface area contributed by atoms with Crippen molar-refractivity contribution in [1.82, 2.24) is 9.97 Å². The van der Waals surface area contributed by atoms with E-state index in [-0.39, 0.29) is 0 Å². The maximum absolute atomic E-state index is 4.56. The fourth-order valence-electron chi connectivity index (χ4n) is 3.20. The molecule has 0 aliphatic rings. The number of thiazole rings is 1. The highest BCUT2D eigenvalue weighted by atomic mass is 32.1. The number of nitrogens with one attached hydrogen (secondary N) is 2. The third kappa shape index (κ3) is 2.98. The van der Waals surface area contributed by atoms with Crippen LogP contribution in [0, 0.1) is 0 Å². The van der Waals surface area contributed by atoms with E-state index in [0.717, 1.165) is 43.1 Å². The molecule has 4 nitrogen and oxygen atoms in total. The van der Waals surface area contributed by atoms with Gasteiger partial charge in [0.25, 0.3) is 0 Å². The fraction of sp³-hybridized carbons (Fsp3) is 0. The van der Waals surface area contributed by atoms with E-state index in [1.54, 1.807) is 11.3 Å². The molecule has 5 aromatic rings. The Morgan fingerprint density at radius 2 is 1.67 bits per heavy atom. The van der Waals surface area contributed by atoms with Crippen LogP contribution in [0.1, 0.15) is 5.56 Å². The molecule has 0 spiro atoms. The minimum Gasteiger partial charge on any atom is -0.354 e. The van der Waals surface area contributed by atoms with Crippen molar-refractivity contribution in [3.63, 3.8) is 0 Å². The molecule has 0 fully saturated rings. The molecule has 0 amide bonds. The Kier molecular flexibility index (Phi) is 3.92. The minimum absolute atomic E-state index is 0.786. The SMILES string of the molecule is C(=N\Nc1nc2ccccc2s1)/c1c(-c2ccccc2)[nH]c2ccccc12. The summed E-state index contributed by atoms with van der Waals surface area (Å²) in [5, 5.41) is 6.40. The van der Waals surface area contributed by atoms with Gasteiger partial charge in [0, 0.05) is 16.5 Å². The predicted molar refractivity (Wildman–Crippen MR) is 115 cm³/mol. The third-order valence-electron chi connectivity index (χ3n) is 4.46. The molecule has 0 radical (unpaired) electrons. The number of rotatable bonds is 4. The smallest absolute Gasteiger partial charge is 0.204 e. The maximum atomic E-state index is 4.56. The Morgan fingerprint density at radius 3 is 2.56 bits per heavy atom. The number of fused-ring (bicyclic) bond motifs is 2. The fourth-order valence-corrected chi connectivity index (χ4v) is 4.02. The Morgan fingerprint density at radius 1 is 0.889 bits per heavy atom. The molecular weight excluding hydrogens is 352 g/mol. The lowest BCUT2D eigenvalue weighted by Crippen LogP contribution is -1.91. The quantitative estimate of drug-likeness (QED) is 0.307. The van der Waals surface area contributed by atoms with Gasteiger partial charge in [-0.3, -0.25) is 5.43 Å². The Bertz CT molecular complexity index is 1220. The van der Waals surface area contributed by atoms with Gasteiger partial charge in [0.1, 0.15) is 0 Å². The second-order valence-electron chi connectivity index (χ2n) is 6.18. The molecule has 27 heavy (non-hydrogen) atoms. The van der Waals surface area contributed by atoms with Crippen LogP contribution in [-0.4, -0.2) is 16.2 Å². The molecule has 0 aliphatic carbocycles. The number of H-pyrrole nitrogens is 1. The van der Waals surface area contributed by atoms with Gasteiger partial charge >= 0.3 is 0 Å². The molecule has 0 saturated carbocycles. The molecule has 2 N–H and O–H groups in total. The Balaban J connectivity index is 1.52. The molecule has 3 aromatic carbocycles. The van der Waals surface area contributed by atoms with E-state index >= 15 is 0 Å². The number of aromatic amines is 1. The summed E-state index contributed by atoms with van der Waals surface area (Å²) in [5.41, 5.74) is 8.41. The van der Waals surface area contributed by atoms with Crippen molar-refractivity contribution < 1.29 is 0 Å². The molecular formula is C22H16N4S. The maximum Gasteiger partial charge on any atom is 0.204 e. The van der Waals surface area contributed by atoms with Gasteiger partial charge in [-0.25, -0.2) is 4.98 Å². The zero-order valence-electron chi connectivity index (χ0n) is 14.4. The minimum atomic E-state index is 0.786. The van der Waals surface area contributed by atoms with E-state index in [0.29, 0.717) is 0 Å². The van der Waals surface area contributed by atoms with E-state index in [2.05, 4.69) is 50.8 Å². The van der Waals surface area contributed by atoms with E-state index in [4.69, 9.17) is 0 Å². The molecule has 0 bridgehead atoms. The van der Waals surface area contributed by atoms with Gasteiger partial charge in [0.15, 0.2) is 0 Å². The van der Waals surface area contributed by atoms with Gasteiger partial charge in [-0.2, -0.15) is 5.10 Å². The van der Waals surface area contributed by atoms with Crippen molar-refractivity contribution in [1.29, 1.82) is 0 Å². The van der Waals surface area contributed by atoms with Crippen molar-refractivity contribution >= 4 is 43.8 Å². The first-order valence-electron chi connectivity index (χ1n) is 8.69. The lowest BCUT2D eigenvalue weighted by atomic mass is 10.1. The average molecular weight is 368 g/mol. The number of benzene rings is 3. The monoisotopic (exact) mass is 368 g/mol. The van der Waals surface area contributed by atoms with Crippen molar-refractivity contribution in [3.05, 3.63) is 84.4 Å². The number of anilines is 1. The van der Waals surface area contributed by atoms with Crippen LogP contribution in [-0.2, 0) is 0 Å². The van der Waals surface area contributed by atoms with Crippen LogP contribution < -0.4 is 5.43 Å². The normalized spacial score (nSPS) is 11.6. The summed E-state index contributed by atoms with van der Waals surface area (Å²) >= 11 is 1.59.